The van der Waals surface area contributed by atoms with Gasteiger partial charge in [-0.2, -0.15) is 8.78 Å². The molecular weight excluding hydrogens is 308 g/mol. The molecule has 102 valence electrons. The smallest absolute Gasteiger partial charge is 0.387 e. The van der Waals surface area contributed by atoms with Gasteiger partial charge in [0, 0.05) is 30.2 Å². The number of hydrogen-bond acceptors (Lipinski definition) is 3. The molecule has 3 nitrogen and oxygen atoms in total. The normalized spacial score (nSPS) is 12.8. The molecule has 0 aliphatic rings. The van der Waals surface area contributed by atoms with E-state index >= 15 is 0 Å². The van der Waals surface area contributed by atoms with Crippen LogP contribution in [0.3, 0.4) is 0 Å². The Labute approximate surface area is 114 Å². The van der Waals surface area contributed by atoms with Crippen LogP contribution >= 0.6 is 15.9 Å². The summed E-state index contributed by atoms with van der Waals surface area (Å²) in [6, 6.07) is 4.94. The monoisotopic (exact) mass is 323 g/mol. The molecule has 1 unspecified atom stereocenters. The SMILES string of the molecule is COC(C)CNCc1cc(Br)ccc1OC(F)F. The van der Waals surface area contributed by atoms with Gasteiger partial charge in [-0.15, -0.1) is 0 Å². The van der Waals surface area contributed by atoms with Crippen LogP contribution in [0.15, 0.2) is 22.7 Å². The van der Waals surface area contributed by atoms with Crippen molar-refractivity contribution < 1.29 is 18.3 Å². The quantitative estimate of drug-likeness (QED) is 0.836. The molecule has 1 aromatic carbocycles. The number of methoxy groups -OCH3 is 1. The van der Waals surface area contributed by atoms with Crippen LogP contribution in [0.2, 0.25) is 0 Å². The fraction of sp³-hybridized carbons (Fsp3) is 0.500. The second kappa shape index (κ2) is 7.66. The molecule has 6 heteroatoms. The van der Waals surface area contributed by atoms with E-state index in [1.54, 1.807) is 19.2 Å². The summed E-state index contributed by atoms with van der Waals surface area (Å²) < 4.78 is 34.8. The maximum Gasteiger partial charge on any atom is 0.387 e. The Bertz CT molecular complexity index is 377. The fourth-order valence-electron chi connectivity index (χ4n) is 1.39. The van der Waals surface area contributed by atoms with Crippen molar-refractivity contribution in [2.75, 3.05) is 13.7 Å². The predicted octanol–water partition coefficient (Wildman–Crippen LogP) is 3.18. The number of benzene rings is 1. The topological polar surface area (TPSA) is 30.5 Å². The zero-order valence-corrected chi connectivity index (χ0v) is 11.8. The summed E-state index contributed by atoms with van der Waals surface area (Å²) in [6.45, 7) is 0.180. The summed E-state index contributed by atoms with van der Waals surface area (Å²) in [4.78, 5) is 0. The molecule has 0 aliphatic heterocycles. The summed E-state index contributed by atoms with van der Waals surface area (Å²) in [5.41, 5.74) is 0.674. The number of nitrogens with one attached hydrogen (secondary N) is 1. The number of alkyl halides is 2. The molecule has 1 N–H and O–H groups in total. The van der Waals surface area contributed by atoms with E-state index < -0.39 is 6.61 Å². The van der Waals surface area contributed by atoms with Crippen molar-refractivity contribution in [1.29, 1.82) is 0 Å². The molecule has 0 aliphatic carbocycles. The Kier molecular flexibility index (Phi) is 6.52. The standard InChI is InChI=1S/C12H16BrF2NO2/c1-8(17-2)6-16-7-9-5-10(13)3-4-11(9)18-12(14)15/h3-5,8,12,16H,6-7H2,1-2H3. The second-order valence-electron chi connectivity index (χ2n) is 3.81. The Morgan fingerprint density at radius 3 is 2.72 bits per heavy atom. The van der Waals surface area contributed by atoms with E-state index in [1.165, 1.54) is 6.07 Å². The van der Waals surface area contributed by atoms with Crippen molar-refractivity contribution in [3.05, 3.63) is 28.2 Å². The molecule has 0 aromatic heterocycles. The summed E-state index contributed by atoms with van der Waals surface area (Å²) in [5, 5.41) is 3.12. The van der Waals surface area contributed by atoms with E-state index in [9.17, 15) is 8.78 Å². The number of halogens is 3. The van der Waals surface area contributed by atoms with Crippen LogP contribution in [0.1, 0.15) is 12.5 Å². The van der Waals surface area contributed by atoms with Gasteiger partial charge in [-0.3, -0.25) is 0 Å². The average molecular weight is 324 g/mol. The van der Waals surface area contributed by atoms with Crippen LogP contribution < -0.4 is 10.1 Å². The molecule has 0 amide bonds. The van der Waals surface area contributed by atoms with Gasteiger partial charge >= 0.3 is 6.61 Å². The van der Waals surface area contributed by atoms with E-state index in [1.807, 2.05) is 6.92 Å². The first-order chi connectivity index (χ1) is 8.52. The molecule has 0 heterocycles. The summed E-state index contributed by atoms with van der Waals surface area (Å²) in [5.74, 6) is 0.186. The molecular formula is C12H16BrF2NO2. The highest BCUT2D eigenvalue weighted by molar-refractivity contribution is 9.10. The predicted molar refractivity (Wildman–Crippen MR) is 69.0 cm³/mol. The van der Waals surface area contributed by atoms with Crippen molar-refractivity contribution >= 4 is 15.9 Å². The Balaban J connectivity index is 2.64. The Hall–Kier alpha value is -0.720. The maximum atomic E-state index is 12.2. The van der Waals surface area contributed by atoms with Gasteiger partial charge in [0.15, 0.2) is 0 Å². The minimum Gasteiger partial charge on any atom is -0.434 e. The minimum absolute atomic E-state index is 0.0663. The molecule has 18 heavy (non-hydrogen) atoms. The second-order valence-corrected chi connectivity index (χ2v) is 4.72. The zero-order chi connectivity index (χ0) is 13.5. The first-order valence-electron chi connectivity index (χ1n) is 5.49. The van der Waals surface area contributed by atoms with Crippen molar-refractivity contribution in [3.8, 4) is 5.75 Å². The number of rotatable bonds is 7. The lowest BCUT2D eigenvalue weighted by Crippen LogP contribution is -2.25. The van der Waals surface area contributed by atoms with Crippen molar-refractivity contribution in [2.24, 2.45) is 0 Å². The minimum atomic E-state index is -2.82. The van der Waals surface area contributed by atoms with Gasteiger partial charge in [-0.1, -0.05) is 15.9 Å². The van der Waals surface area contributed by atoms with E-state index in [4.69, 9.17) is 4.74 Å². The molecule has 0 saturated carbocycles. The lowest BCUT2D eigenvalue weighted by Gasteiger charge is -2.14. The summed E-state index contributed by atoms with van der Waals surface area (Å²) in [6.07, 6.45) is 0.0663. The molecule has 0 saturated heterocycles. The average Bonchev–Trinajstić information content (AvgIpc) is 2.31. The van der Waals surface area contributed by atoms with Gasteiger partial charge in [-0.25, -0.2) is 0 Å². The van der Waals surface area contributed by atoms with E-state index in [2.05, 4.69) is 26.0 Å². The Morgan fingerprint density at radius 1 is 1.39 bits per heavy atom. The van der Waals surface area contributed by atoms with Gasteiger partial charge in [0.1, 0.15) is 5.75 Å². The molecule has 0 fully saturated rings. The third-order valence-electron chi connectivity index (χ3n) is 2.39. The van der Waals surface area contributed by atoms with Crippen LogP contribution in [-0.2, 0) is 11.3 Å². The molecule has 0 spiro atoms. The van der Waals surface area contributed by atoms with Gasteiger partial charge in [0.2, 0.25) is 0 Å². The van der Waals surface area contributed by atoms with Crippen molar-refractivity contribution in [2.45, 2.75) is 26.2 Å². The molecule has 1 atom stereocenters. The van der Waals surface area contributed by atoms with Crippen LogP contribution in [0, 0.1) is 0 Å². The van der Waals surface area contributed by atoms with Crippen LogP contribution in [0.25, 0.3) is 0 Å². The van der Waals surface area contributed by atoms with Crippen molar-refractivity contribution in [3.63, 3.8) is 0 Å². The van der Waals surface area contributed by atoms with Gasteiger partial charge in [0.25, 0.3) is 0 Å². The number of hydrogen-bond donors (Lipinski definition) is 1. The van der Waals surface area contributed by atoms with Crippen LogP contribution in [0.4, 0.5) is 8.78 Å². The van der Waals surface area contributed by atoms with Crippen molar-refractivity contribution in [1.82, 2.24) is 5.32 Å². The van der Waals surface area contributed by atoms with Crippen LogP contribution in [0.5, 0.6) is 5.75 Å². The van der Waals surface area contributed by atoms with E-state index in [-0.39, 0.29) is 11.9 Å². The van der Waals surface area contributed by atoms with Gasteiger partial charge in [0.05, 0.1) is 6.10 Å². The molecule has 0 bridgehead atoms. The third kappa shape index (κ3) is 5.29. The molecule has 1 rings (SSSR count). The lowest BCUT2D eigenvalue weighted by atomic mass is 10.2. The largest absolute Gasteiger partial charge is 0.434 e. The Morgan fingerprint density at radius 2 is 2.11 bits per heavy atom. The van der Waals surface area contributed by atoms with Gasteiger partial charge in [-0.05, 0) is 25.1 Å². The molecule has 1 aromatic rings. The van der Waals surface area contributed by atoms with E-state index in [0.29, 0.717) is 18.7 Å². The summed E-state index contributed by atoms with van der Waals surface area (Å²) in [7, 11) is 1.62. The first kappa shape index (κ1) is 15.3. The lowest BCUT2D eigenvalue weighted by molar-refractivity contribution is -0.0505. The van der Waals surface area contributed by atoms with Gasteiger partial charge < -0.3 is 14.8 Å². The maximum absolute atomic E-state index is 12.2. The highest BCUT2D eigenvalue weighted by Crippen LogP contribution is 2.24. The first-order valence-corrected chi connectivity index (χ1v) is 6.29. The molecule has 0 radical (unpaired) electrons. The number of ether oxygens (including phenoxy) is 2. The zero-order valence-electron chi connectivity index (χ0n) is 10.3. The third-order valence-corrected chi connectivity index (χ3v) is 2.88. The van der Waals surface area contributed by atoms with Crippen LogP contribution in [-0.4, -0.2) is 26.4 Å². The highest BCUT2D eigenvalue weighted by Gasteiger charge is 2.10. The fourth-order valence-corrected chi connectivity index (χ4v) is 1.80. The highest BCUT2D eigenvalue weighted by atomic mass is 79.9. The van der Waals surface area contributed by atoms with E-state index in [0.717, 1.165) is 4.47 Å². The summed E-state index contributed by atoms with van der Waals surface area (Å²) >= 11 is 3.30.